The maximum Gasteiger partial charge on any atom is 0.339 e. The number of anilines is 1. The van der Waals surface area contributed by atoms with Gasteiger partial charge in [-0.3, -0.25) is 4.68 Å². The van der Waals surface area contributed by atoms with Crippen LogP contribution in [0.1, 0.15) is 27.3 Å². The molecule has 0 saturated carbocycles. The zero-order valence-electron chi connectivity index (χ0n) is 11.0. The van der Waals surface area contributed by atoms with Crippen molar-refractivity contribution in [3.8, 4) is 0 Å². The Morgan fingerprint density at radius 2 is 2.21 bits per heavy atom. The van der Waals surface area contributed by atoms with Crippen molar-refractivity contribution in [1.29, 1.82) is 0 Å². The third-order valence-corrected chi connectivity index (χ3v) is 3.04. The molecule has 0 bridgehead atoms. The average Bonchev–Trinajstić information content (AvgIpc) is 2.61. The Morgan fingerprint density at radius 1 is 1.47 bits per heavy atom. The molecule has 19 heavy (non-hydrogen) atoms. The second-order valence-corrected chi connectivity index (χ2v) is 4.23. The number of carbonyl (C=O) groups is 1. The fraction of sp³-hybridized carbons (Fsp3) is 0.333. The average molecular weight is 261 g/mol. The van der Waals surface area contributed by atoms with E-state index in [0.29, 0.717) is 6.54 Å². The molecule has 0 fully saturated rings. The van der Waals surface area contributed by atoms with E-state index >= 15 is 0 Å². The Labute approximate surface area is 110 Å². The molecule has 100 valence electrons. The van der Waals surface area contributed by atoms with E-state index in [-0.39, 0.29) is 11.4 Å². The SMILES string of the molecule is Cc1nn(C)c(C)c1CNc1nnccc1C(=O)O. The van der Waals surface area contributed by atoms with Gasteiger partial charge >= 0.3 is 5.97 Å². The number of aryl methyl sites for hydroxylation is 2. The van der Waals surface area contributed by atoms with E-state index < -0.39 is 5.97 Å². The summed E-state index contributed by atoms with van der Waals surface area (Å²) in [7, 11) is 1.87. The number of aromatic nitrogens is 4. The van der Waals surface area contributed by atoms with Crippen LogP contribution in [-0.2, 0) is 13.6 Å². The van der Waals surface area contributed by atoms with Crippen LogP contribution >= 0.6 is 0 Å². The van der Waals surface area contributed by atoms with Crippen molar-refractivity contribution in [2.45, 2.75) is 20.4 Å². The van der Waals surface area contributed by atoms with Gasteiger partial charge in [-0.05, 0) is 19.9 Å². The van der Waals surface area contributed by atoms with Crippen LogP contribution in [0.15, 0.2) is 12.3 Å². The second-order valence-electron chi connectivity index (χ2n) is 4.23. The molecule has 2 heterocycles. The summed E-state index contributed by atoms with van der Waals surface area (Å²) in [6, 6.07) is 1.42. The van der Waals surface area contributed by atoms with Crippen molar-refractivity contribution < 1.29 is 9.90 Å². The Hall–Kier alpha value is -2.44. The highest BCUT2D eigenvalue weighted by atomic mass is 16.4. The van der Waals surface area contributed by atoms with E-state index in [0.717, 1.165) is 17.0 Å². The van der Waals surface area contributed by atoms with Gasteiger partial charge in [0.25, 0.3) is 0 Å². The van der Waals surface area contributed by atoms with Crippen LogP contribution in [0.25, 0.3) is 0 Å². The molecular formula is C12H15N5O2. The summed E-state index contributed by atoms with van der Waals surface area (Å²) in [5.74, 6) is -0.769. The smallest absolute Gasteiger partial charge is 0.339 e. The summed E-state index contributed by atoms with van der Waals surface area (Å²) in [6.07, 6.45) is 1.36. The molecule has 7 heteroatoms. The monoisotopic (exact) mass is 261 g/mol. The van der Waals surface area contributed by atoms with Crippen molar-refractivity contribution in [2.24, 2.45) is 7.05 Å². The zero-order valence-corrected chi connectivity index (χ0v) is 11.0. The first-order valence-corrected chi connectivity index (χ1v) is 5.78. The van der Waals surface area contributed by atoms with Gasteiger partial charge in [-0.2, -0.15) is 10.2 Å². The number of rotatable bonds is 4. The number of aromatic carboxylic acids is 1. The van der Waals surface area contributed by atoms with E-state index in [2.05, 4.69) is 20.6 Å². The predicted molar refractivity (Wildman–Crippen MR) is 69.0 cm³/mol. The predicted octanol–water partition coefficient (Wildman–Crippen LogP) is 1.14. The lowest BCUT2D eigenvalue weighted by Gasteiger charge is -2.07. The Balaban J connectivity index is 2.22. The number of hydrogen-bond acceptors (Lipinski definition) is 5. The molecule has 0 spiro atoms. The van der Waals surface area contributed by atoms with Gasteiger partial charge in [0.15, 0.2) is 5.82 Å². The molecule has 0 aliphatic rings. The van der Waals surface area contributed by atoms with E-state index in [9.17, 15) is 4.79 Å². The highest BCUT2D eigenvalue weighted by Crippen LogP contribution is 2.16. The molecule has 0 unspecified atom stereocenters. The largest absolute Gasteiger partial charge is 0.478 e. The van der Waals surface area contributed by atoms with Crippen LogP contribution in [0.5, 0.6) is 0 Å². The summed E-state index contributed by atoms with van der Waals surface area (Å²) in [6.45, 7) is 4.34. The number of nitrogens with zero attached hydrogens (tertiary/aromatic N) is 4. The quantitative estimate of drug-likeness (QED) is 0.857. The summed E-state index contributed by atoms with van der Waals surface area (Å²) < 4.78 is 1.79. The van der Waals surface area contributed by atoms with Gasteiger partial charge in [-0.15, -0.1) is 5.10 Å². The molecule has 0 aromatic carbocycles. The summed E-state index contributed by atoms with van der Waals surface area (Å²) >= 11 is 0. The Kier molecular flexibility index (Phi) is 3.46. The van der Waals surface area contributed by atoms with Crippen molar-refractivity contribution in [3.05, 3.63) is 34.8 Å². The number of carboxylic acids is 1. The van der Waals surface area contributed by atoms with Gasteiger partial charge in [0, 0.05) is 24.8 Å². The molecule has 2 aromatic heterocycles. The first-order chi connectivity index (χ1) is 9.00. The van der Waals surface area contributed by atoms with Crippen molar-refractivity contribution in [2.75, 3.05) is 5.32 Å². The van der Waals surface area contributed by atoms with E-state index in [1.165, 1.54) is 12.3 Å². The van der Waals surface area contributed by atoms with Crippen LogP contribution < -0.4 is 5.32 Å². The minimum absolute atomic E-state index is 0.106. The van der Waals surface area contributed by atoms with Crippen molar-refractivity contribution >= 4 is 11.8 Å². The van der Waals surface area contributed by atoms with Gasteiger partial charge in [0.05, 0.1) is 11.9 Å². The highest BCUT2D eigenvalue weighted by Gasteiger charge is 2.13. The zero-order chi connectivity index (χ0) is 14.0. The molecule has 0 amide bonds. The van der Waals surface area contributed by atoms with Crippen molar-refractivity contribution in [1.82, 2.24) is 20.0 Å². The normalized spacial score (nSPS) is 10.5. The lowest BCUT2D eigenvalue weighted by Crippen LogP contribution is -2.10. The standard InChI is InChI=1S/C12H15N5O2/c1-7-10(8(2)17(3)16-7)6-13-11-9(12(18)19)4-5-14-15-11/h4-5H,6H2,1-3H3,(H,13,15)(H,18,19). The lowest BCUT2D eigenvalue weighted by molar-refractivity contribution is 0.0697. The number of nitrogens with one attached hydrogen (secondary N) is 1. The van der Waals surface area contributed by atoms with Gasteiger partial charge in [-0.1, -0.05) is 0 Å². The molecule has 2 aromatic rings. The Bertz CT molecular complexity index is 621. The minimum atomic E-state index is -1.03. The molecule has 0 saturated heterocycles. The van der Waals surface area contributed by atoms with Gasteiger partial charge in [0.2, 0.25) is 0 Å². The number of carboxylic acid groups (broad SMARTS) is 1. The third-order valence-electron chi connectivity index (χ3n) is 3.04. The minimum Gasteiger partial charge on any atom is -0.478 e. The van der Waals surface area contributed by atoms with Crippen LogP contribution in [0.2, 0.25) is 0 Å². The van der Waals surface area contributed by atoms with Crippen LogP contribution in [0.3, 0.4) is 0 Å². The maximum atomic E-state index is 11.0. The molecule has 2 rings (SSSR count). The third kappa shape index (κ3) is 2.54. The topological polar surface area (TPSA) is 92.9 Å². The molecule has 0 aliphatic heterocycles. The molecule has 2 N–H and O–H groups in total. The fourth-order valence-corrected chi connectivity index (χ4v) is 1.88. The van der Waals surface area contributed by atoms with Gasteiger partial charge < -0.3 is 10.4 Å². The summed E-state index contributed by atoms with van der Waals surface area (Å²) in [5, 5.41) is 23.9. The second kappa shape index (κ2) is 5.05. The Morgan fingerprint density at radius 3 is 2.79 bits per heavy atom. The number of hydrogen-bond donors (Lipinski definition) is 2. The molecular weight excluding hydrogens is 246 g/mol. The van der Waals surface area contributed by atoms with Gasteiger partial charge in [-0.25, -0.2) is 4.79 Å². The fourth-order valence-electron chi connectivity index (χ4n) is 1.88. The van der Waals surface area contributed by atoms with Crippen LogP contribution in [0.4, 0.5) is 5.82 Å². The van der Waals surface area contributed by atoms with Crippen LogP contribution in [-0.4, -0.2) is 31.1 Å². The van der Waals surface area contributed by atoms with Gasteiger partial charge in [0.1, 0.15) is 5.56 Å². The molecule has 7 nitrogen and oxygen atoms in total. The first-order valence-electron chi connectivity index (χ1n) is 5.78. The van der Waals surface area contributed by atoms with E-state index in [1.54, 1.807) is 4.68 Å². The maximum absolute atomic E-state index is 11.0. The van der Waals surface area contributed by atoms with Crippen molar-refractivity contribution in [3.63, 3.8) is 0 Å². The molecule has 0 radical (unpaired) electrons. The summed E-state index contributed by atoms with van der Waals surface area (Å²) in [5.41, 5.74) is 3.08. The highest BCUT2D eigenvalue weighted by molar-refractivity contribution is 5.92. The lowest BCUT2D eigenvalue weighted by atomic mass is 10.2. The van der Waals surface area contributed by atoms with E-state index in [1.807, 2.05) is 20.9 Å². The molecule has 0 atom stereocenters. The summed E-state index contributed by atoms with van der Waals surface area (Å²) in [4.78, 5) is 11.0. The van der Waals surface area contributed by atoms with Crippen LogP contribution in [0, 0.1) is 13.8 Å². The first kappa shape index (κ1) is 13.0. The molecule has 0 aliphatic carbocycles. The van der Waals surface area contributed by atoms with E-state index in [4.69, 9.17) is 5.11 Å².